The highest BCUT2D eigenvalue weighted by Gasteiger charge is 2.11. The summed E-state index contributed by atoms with van der Waals surface area (Å²) in [4.78, 5) is 11.8. The Morgan fingerprint density at radius 2 is 2.35 bits per heavy atom. The maximum Gasteiger partial charge on any atom is 0.254 e. The summed E-state index contributed by atoms with van der Waals surface area (Å²) < 4.78 is 1.70. The van der Waals surface area contributed by atoms with Gasteiger partial charge in [-0.1, -0.05) is 6.92 Å². The molecule has 0 aliphatic heterocycles. The molecule has 1 unspecified atom stereocenters. The second-order valence-corrected chi connectivity index (χ2v) is 4.73. The molecule has 0 saturated carbocycles. The summed E-state index contributed by atoms with van der Waals surface area (Å²) in [5, 5.41) is 6.94. The minimum absolute atomic E-state index is 0.0471. The molecule has 1 atom stereocenters. The summed E-state index contributed by atoms with van der Waals surface area (Å²) in [6, 6.07) is 0. The molecule has 1 rings (SSSR count). The summed E-state index contributed by atoms with van der Waals surface area (Å²) in [6.45, 7) is 4.69. The molecular formula is C12H20ClN3O. The maximum atomic E-state index is 11.8. The van der Waals surface area contributed by atoms with E-state index in [1.807, 2.05) is 14.0 Å². The van der Waals surface area contributed by atoms with Crippen molar-refractivity contribution in [3.05, 3.63) is 17.5 Å². The molecule has 0 saturated heterocycles. The van der Waals surface area contributed by atoms with E-state index in [1.165, 1.54) is 0 Å². The van der Waals surface area contributed by atoms with Crippen molar-refractivity contribution in [2.45, 2.75) is 26.7 Å². The van der Waals surface area contributed by atoms with Crippen LogP contribution in [0.4, 0.5) is 0 Å². The topological polar surface area (TPSA) is 46.9 Å². The Balaban J connectivity index is 2.33. The van der Waals surface area contributed by atoms with E-state index in [-0.39, 0.29) is 5.91 Å². The lowest BCUT2D eigenvalue weighted by molar-refractivity contribution is 0.0952. The van der Waals surface area contributed by atoms with Crippen LogP contribution >= 0.6 is 11.6 Å². The number of alkyl halides is 1. The van der Waals surface area contributed by atoms with Crippen molar-refractivity contribution in [2.75, 3.05) is 12.4 Å². The molecule has 5 heteroatoms. The number of nitrogens with one attached hydrogen (secondary N) is 1. The largest absolute Gasteiger partial charge is 0.352 e. The summed E-state index contributed by atoms with van der Waals surface area (Å²) in [5.41, 5.74) is 1.54. The Kier molecular flexibility index (Phi) is 5.48. The molecule has 0 aromatic carbocycles. The molecule has 0 fully saturated rings. The quantitative estimate of drug-likeness (QED) is 0.627. The highest BCUT2D eigenvalue weighted by molar-refractivity contribution is 6.18. The number of carbonyl (C=O) groups excluding carboxylic acids is 1. The number of rotatable bonds is 6. The van der Waals surface area contributed by atoms with Crippen LogP contribution in [0.15, 0.2) is 6.20 Å². The predicted molar refractivity (Wildman–Crippen MR) is 69.4 cm³/mol. The van der Waals surface area contributed by atoms with Crippen LogP contribution in [0.1, 0.15) is 35.8 Å². The number of halogens is 1. The van der Waals surface area contributed by atoms with Crippen LogP contribution in [-0.4, -0.2) is 28.1 Å². The lowest BCUT2D eigenvalue weighted by atomic mass is 10.1. The summed E-state index contributed by atoms with van der Waals surface area (Å²) in [5.74, 6) is 1.14. The first kappa shape index (κ1) is 14.0. The van der Waals surface area contributed by atoms with Gasteiger partial charge in [0.2, 0.25) is 0 Å². The van der Waals surface area contributed by atoms with Crippen molar-refractivity contribution >= 4 is 17.5 Å². The van der Waals surface area contributed by atoms with E-state index in [4.69, 9.17) is 11.6 Å². The molecule has 17 heavy (non-hydrogen) atoms. The number of nitrogens with zero attached hydrogens (tertiary/aromatic N) is 2. The highest BCUT2D eigenvalue weighted by atomic mass is 35.5. The normalized spacial score (nSPS) is 12.5. The fourth-order valence-electron chi connectivity index (χ4n) is 1.55. The van der Waals surface area contributed by atoms with Crippen molar-refractivity contribution in [1.29, 1.82) is 0 Å². The van der Waals surface area contributed by atoms with Crippen LogP contribution in [0, 0.1) is 12.8 Å². The van der Waals surface area contributed by atoms with Gasteiger partial charge in [0.05, 0.1) is 11.8 Å². The molecule has 4 nitrogen and oxygen atoms in total. The molecule has 0 spiro atoms. The van der Waals surface area contributed by atoms with E-state index in [9.17, 15) is 4.79 Å². The van der Waals surface area contributed by atoms with Crippen LogP contribution < -0.4 is 5.32 Å². The first-order valence-electron chi connectivity index (χ1n) is 5.89. The third-order valence-electron chi connectivity index (χ3n) is 2.90. The Hall–Kier alpha value is -1.03. The predicted octanol–water partition coefficient (Wildman–Crippen LogP) is 2.11. The average molecular weight is 258 g/mol. The van der Waals surface area contributed by atoms with Gasteiger partial charge in [-0.3, -0.25) is 9.48 Å². The molecule has 1 aromatic rings. The van der Waals surface area contributed by atoms with E-state index in [2.05, 4.69) is 17.3 Å². The smallest absolute Gasteiger partial charge is 0.254 e. The van der Waals surface area contributed by atoms with Gasteiger partial charge in [0.1, 0.15) is 0 Å². The van der Waals surface area contributed by atoms with Crippen LogP contribution in [0.5, 0.6) is 0 Å². The lowest BCUT2D eigenvalue weighted by Gasteiger charge is -2.08. The highest BCUT2D eigenvalue weighted by Crippen LogP contribution is 2.07. The minimum atomic E-state index is -0.0471. The van der Waals surface area contributed by atoms with Crippen LogP contribution in [0.25, 0.3) is 0 Å². The molecule has 1 heterocycles. The molecule has 96 valence electrons. The minimum Gasteiger partial charge on any atom is -0.352 e. The Morgan fingerprint density at radius 3 is 2.88 bits per heavy atom. The van der Waals surface area contributed by atoms with E-state index >= 15 is 0 Å². The maximum absolute atomic E-state index is 11.8. The SMILES string of the molecule is Cc1c(C(=O)NCCCC(C)CCl)cnn1C. The monoisotopic (exact) mass is 257 g/mol. The zero-order chi connectivity index (χ0) is 12.8. The number of aryl methyl sites for hydroxylation is 1. The standard InChI is InChI=1S/C12H20ClN3O/c1-9(7-13)5-4-6-14-12(17)11-8-15-16(3)10(11)2/h8-9H,4-7H2,1-3H3,(H,14,17). The van der Waals surface area contributed by atoms with E-state index in [0.717, 1.165) is 18.5 Å². The fourth-order valence-corrected chi connectivity index (χ4v) is 1.70. The zero-order valence-corrected chi connectivity index (χ0v) is 11.4. The first-order chi connectivity index (χ1) is 8.06. The van der Waals surface area contributed by atoms with E-state index in [0.29, 0.717) is 23.9 Å². The van der Waals surface area contributed by atoms with Gasteiger partial charge >= 0.3 is 0 Å². The van der Waals surface area contributed by atoms with Crippen molar-refractivity contribution < 1.29 is 4.79 Å². The van der Waals surface area contributed by atoms with Crippen LogP contribution in [0.2, 0.25) is 0 Å². The number of carbonyl (C=O) groups is 1. The van der Waals surface area contributed by atoms with Crippen molar-refractivity contribution in [1.82, 2.24) is 15.1 Å². The Morgan fingerprint density at radius 1 is 1.65 bits per heavy atom. The first-order valence-corrected chi connectivity index (χ1v) is 6.42. The fraction of sp³-hybridized carbons (Fsp3) is 0.667. The molecular weight excluding hydrogens is 238 g/mol. The third-order valence-corrected chi connectivity index (χ3v) is 3.43. The third kappa shape index (κ3) is 4.04. The number of aromatic nitrogens is 2. The Bertz CT molecular complexity index is 376. The number of hydrogen-bond donors (Lipinski definition) is 1. The zero-order valence-electron chi connectivity index (χ0n) is 10.7. The van der Waals surface area contributed by atoms with Crippen molar-refractivity contribution in [2.24, 2.45) is 13.0 Å². The van der Waals surface area contributed by atoms with Crippen LogP contribution in [-0.2, 0) is 7.05 Å². The molecule has 1 N–H and O–H groups in total. The van der Waals surface area contributed by atoms with E-state index in [1.54, 1.807) is 10.9 Å². The van der Waals surface area contributed by atoms with Gasteiger partial charge in [-0.2, -0.15) is 5.10 Å². The number of amides is 1. The second kappa shape index (κ2) is 6.64. The molecule has 0 radical (unpaired) electrons. The second-order valence-electron chi connectivity index (χ2n) is 4.42. The van der Waals surface area contributed by atoms with Gasteiger partial charge < -0.3 is 5.32 Å². The summed E-state index contributed by atoms with van der Waals surface area (Å²) in [6.07, 6.45) is 3.60. The summed E-state index contributed by atoms with van der Waals surface area (Å²) >= 11 is 5.71. The van der Waals surface area contributed by atoms with Gasteiger partial charge in [-0.25, -0.2) is 0 Å². The van der Waals surface area contributed by atoms with Gasteiger partial charge in [0.15, 0.2) is 0 Å². The van der Waals surface area contributed by atoms with Crippen LogP contribution in [0.3, 0.4) is 0 Å². The molecule has 0 aliphatic rings. The lowest BCUT2D eigenvalue weighted by Crippen LogP contribution is -2.25. The summed E-state index contributed by atoms with van der Waals surface area (Å²) in [7, 11) is 1.83. The molecule has 1 amide bonds. The van der Waals surface area contributed by atoms with Gasteiger partial charge in [-0.05, 0) is 25.7 Å². The molecule has 0 aliphatic carbocycles. The molecule has 1 aromatic heterocycles. The van der Waals surface area contributed by atoms with Crippen molar-refractivity contribution in [3.8, 4) is 0 Å². The van der Waals surface area contributed by atoms with Gasteiger partial charge in [0, 0.05) is 25.2 Å². The molecule has 0 bridgehead atoms. The van der Waals surface area contributed by atoms with Gasteiger partial charge in [-0.15, -0.1) is 11.6 Å². The average Bonchev–Trinajstić information content (AvgIpc) is 2.65. The van der Waals surface area contributed by atoms with E-state index < -0.39 is 0 Å². The number of hydrogen-bond acceptors (Lipinski definition) is 2. The van der Waals surface area contributed by atoms with Crippen molar-refractivity contribution in [3.63, 3.8) is 0 Å². The Labute approximate surface area is 107 Å². The van der Waals surface area contributed by atoms with Gasteiger partial charge in [0.25, 0.3) is 5.91 Å².